The summed E-state index contributed by atoms with van der Waals surface area (Å²) in [6, 6.07) is 2.64. The van der Waals surface area contributed by atoms with E-state index in [0.717, 1.165) is 39.1 Å². The number of likely N-dealkylation sites (N-methyl/N-ethyl adjacent to an activating group) is 1. The molecule has 9 heteroatoms. The number of carbonyl (C=O) groups is 1. The Labute approximate surface area is 161 Å². The fraction of sp³-hybridized carbons (Fsp3) is 0.588. The van der Waals surface area contributed by atoms with E-state index in [9.17, 15) is 14.9 Å². The van der Waals surface area contributed by atoms with E-state index in [1.54, 1.807) is 0 Å². The zero-order valence-electron chi connectivity index (χ0n) is 15.1. The molecule has 8 nitrogen and oxygen atoms in total. The second-order valence-electron chi connectivity index (χ2n) is 6.18. The minimum Gasteiger partial charge on any atom is -0.493 e. The van der Waals surface area contributed by atoms with Gasteiger partial charge in [-0.2, -0.15) is 0 Å². The van der Waals surface area contributed by atoms with Gasteiger partial charge in [0.15, 0.2) is 17.3 Å². The Kier molecular flexibility index (Phi) is 7.80. The highest BCUT2D eigenvalue weighted by atomic mass is 79.9. The smallest absolute Gasteiger partial charge is 0.284 e. The van der Waals surface area contributed by atoms with Crippen LogP contribution in [-0.4, -0.2) is 79.3 Å². The van der Waals surface area contributed by atoms with Crippen molar-refractivity contribution in [3.05, 3.63) is 27.8 Å². The lowest BCUT2D eigenvalue weighted by molar-refractivity contribution is -0.385. The van der Waals surface area contributed by atoms with Gasteiger partial charge in [-0.05, 0) is 13.5 Å². The Balaban J connectivity index is 2.00. The second kappa shape index (κ2) is 9.84. The number of piperazine rings is 1. The first-order chi connectivity index (χ1) is 12.5. The highest BCUT2D eigenvalue weighted by molar-refractivity contribution is 9.09. The lowest BCUT2D eigenvalue weighted by Crippen LogP contribution is -2.44. The molecule has 0 aromatic heterocycles. The summed E-state index contributed by atoms with van der Waals surface area (Å²) in [5, 5.41) is 11.3. The van der Waals surface area contributed by atoms with E-state index in [-0.39, 0.29) is 28.1 Å². The lowest BCUT2D eigenvalue weighted by Gasteiger charge is -2.32. The lowest BCUT2D eigenvalue weighted by atomic mass is 10.1. The molecule has 0 saturated carbocycles. The Morgan fingerprint density at radius 3 is 2.54 bits per heavy atom. The Morgan fingerprint density at radius 1 is 1.27 bits per heavy atom. The van der Waals surface area contributed by atoms with Crippen molar-refractivity contribution in [2.24, 2.45) is 0 Å². The van der Waals surface area contributed by atoms with Gasteiger partial charge in [-0.15, -0.1) is 0 Å². The number of ketones is 1. The maximum atomic E-state index is 11.9. The molecule has 1 aromatic carbocycles. The standard InChI is InChI=1S/C17H24BrN3O5/c1-19-5-7-20(8-6-19)4-3-9-26-17-11-14(21(23)24)13(15(22)12-18)10-16(17)25-2/h10-11H,3-9,12H2,1-2H3. The summed E-state index contributed by atoms with van der Waals surface area (Å²) < 4.78 is 11.0. The molecule has 0 N–H and O–H groups in total. The number of carbonyl (C=O) groups excluding carboxylic acids is 1. The molecule has 0 unspecified atom stereocenters. The van der Waals surface area contributed by atoms with Crippen LogP contribution in [0.1, 0.15) is 16.8 Å². The highest BCUT2D eigenvalue weighted by Crippen LogP contribution is 2.35. The van der Waals surface area contributed by atoms with Crippen LogP contribution in [0.15, 0.2) is 12.1 Å². The van der Waals surface area contributed by atoms with Crippen LogP contribution in [-0.2, 0) is 0 Å². The van der Waals surface area contributed by atoms with Crippen molar-refractivity contribution in [2.75, 3.05) is 58.8 Å². The quantitative estimate of drug-likeness (QED) is 0.195. The van der Waals surface area contributed by atoms with Crippen molar-refractivity contribution < 1.29 is 19.2 Å². The van der Waals surface area contributed by atoms with Crippen LogP contribution in [0.3, 0.4) is 0 Å². The van der Waals surface area contributed by atoms with Crippen LogP contribution in [0.5, 0.6) is 11.5 Å². The van der Waals surface area contributed by atoms with E-state index in [1.807, 2.05) is 0 Å². The first kappa shape index (κ1) is 20.6. The number of nitrogens with zero attached hydrogens (tertiary/aromatic N) is 3. The predicted octanol–water partition coefficient (Wildman–Crippen LogP) is 2.20. The average Bonchev–Trinajstić information content (AvgIpc) is 2.65. The summed E-state index contributed by atoms with van der Waals surface area (Å²) in [4.78, 5) is 27.3. The molecule has 0 aliphatic carbocycles. The average molecular weight is 430 g/mol. The number of ether oxygens (including phenoxy) is 2. The van der Waals surface area contributed by atoms with Gasteiger partial charge in [0, 0.05) is 38.8 Å². The summed E-state index contributed by atoms with van der Waals surface area (Å²) in [5.41, 5.74) is -0.266. The number of hydrogen-bond acceptors (Lipinski definition) is 7. The zero-order chi connectivity index (χ0) is 19.1. The number of methoxy groups -OCH3 is 1. The van der Waals surface area contributed by atoms with Gasteiger partial charge in [0.05, 0.1) is 30.0 Å². The largest absolute Gasteiger partial charge is 0.493 e. The van der Waals surface area contributed by atoms with Crippen LogP contribution >= 0.6 is 15.9 Å². The van der Waals surface area contributed by atoms with Gasteiger partial charge < -0.3 is 19.3 Å². The number of alkyl halides is 1. The Hall–Kier alpha value is -1.71. The number of hydrogen-bond donors (Lipinski definition) is 0. The molecule has 1 heterocycles. The van der Waals surface area contributed by atoms with Crippen LogP contribution in [0, 0.1) is 10.1 Å². The number of nitro groups is 1. The normalized spacial score (nSPS) is 15.7. The van der Waals surface area contributed by atoms with Gasteiger partial charge in [-0.25, -0.2) is 0 Å². The molecule has 1 aromatic rings. The van der Waals surface area contributed by atoms with Crippen molar-refractivity contribution in [3.8, 4) is 11.5 Å². The van der Waals surface area contributed by atoms with Crippen LogP contribution in [0.4, 0.5) is 5.69 Å². The molecule has 26 heavy (non-hydrogen) atoms. The summed E-state index contributed by atoms with van der Waals surface area (Å²) in [7, 11) is 3.56. The molecule has 1 aliphatic heterocycles. The van der Waals surface area contributed by atoms with Crippen molar-refractivity contribution in [1.82, 2.24) is 9.80 Å². The third kappa shape index (κ3) is 5.39. The van der Waals surface area contributed by atoms with E-state index in [2.05, 4.69) is 32.8 Å². The fourth-order valence-corrected chi connectivity index (χ4v) is 3.11. The van der Waals surface area contributed by atoms with Gasteiger partial charge in [0.1, 0.15) is 5.56 Å². The van der Waals surface area contributed by atoms with Gasteiger partial charge in [0.25, 0.3) is 5.69 Å². The molecule has 1 saturated heterocycles. The van der Waals surface area contributed by atoms with E-state index in [1.165, 1.54) is 19.2 Å². The molecule has 1 fully saturated rings. The summed E-state index contributed by atoms with van der Waals surface area (Å²) >= 11 is 3.04. The van der Waals surface area contributed by atoms with Gasteiger partial charge >= 0.3 is 0 Å². The first-order valence-electron chi connectivity index (χ1n) is 8.45. The topological polar surface area (TPSA) is 85.1 Å². The van der Waals surface area contributed by atoms with E-state index < -0.39 is 4.92 Å². The van der Waals surface area contributed by atoms with Gasteiger partial charge in [-0.1, -0.05) is 15.9 Å². The molecule has 2 rings (SSSR count). The summed E-state index contributed by atoms with van der Waals surface area (Å²) in [5.74, 6) is 0.222. The summed E-state index contributed by atoms with van der Waals surface area (Å²) in [6.07, 6.45) is 0.808. The Morgan fingerprint density at radius 2 is 1.96 bits per heavy atom. The third-order valence-electron chi connectivity index (χ3n) is 4.37. The van der Waals surface area contributed by atoms with Crippen molar-refractivity contribution in [2.45, 2.75) is 6.42 Å². The molecule has 1 aliphatic rings. The van der Waals surface area contributed by atoms with Gasteiger partial charge in [-0.3, -0.25) is 14.9 Å². The van der Waals surface area contributed by atoms with E-state index in [4.69, 9.17) is 9.47 Å². The number of benzene rings is 1. The minimum atomic E-state index is -0.577. The zero-order valence-corrected chi connectivity index (χ0v) is 16.7. The molecular weight excluding hydrogens is 406 g/mol. The number of halogens is 1. The maximum Gasteiger partial charge on any atom is 0.284 e. The van der Waals surface area contributed by atoms with Crippen molar-refractivity contribution in [3.63, 3.8) is 0 Å². The molecular formula is C17H24BrN3O5. The predicted molar refractivity (Wildman–Crippen MR) is 102 cm³/mol. The van der Waals surface area contributed by atoms with Gasteiger partial charge in [0.2, 0.25) is 0 Å². The minimum absolute atomic E-state index is 0.00220. The molecule has 144 valence electrons. The van der Waals surface area contributed by atoms with Crippen LogP contribution in [0.25, 0.3) is 0 Å². The molecule has 0 bridgehead atoms. The molecule has 0 radical (unpaired) electrons. The van der Waals surface area contributed by atoms with Crippen molar-refractivity contribution in [1.29, 1.82) is 0 Å². The number of nitro benzene ring substituents is 1. The molecule has 0 amide bonds. The summed E-state index contributed by atoms with van der Waals surface area (Å²) in [6.45, 7) is 5.53. The second-order valence-corrected chi connectivity index (χ2v) is 6.74. The number of Topliss-reactive ketones (excluding diaryl/α,β-unsaturated/α-hetero) is 1. The van der Waals surface area contributed by atoms with Crippen LogP contribution in [0.2, 0.25) is 0 Å². The van der Waals surface area contributed by atoms with E-state index in [0.29, 0.717) is 12.4 Å². The van der Waals surface area contributed by atoms with Crippen molar-refractivity contribution >= 4 is 27.4 Å². The first-order valence-corrected chi connectivity index (χ1v) is 9.57. The van der Waals surface area contributed by atoms with E-state index >= 15 is 0 Å². The Bertz CT molecular complexity index is 648. The third-order valence-corrected chi connectivity index (χ3v) is 4.88. The maximum absolute atomic E-state index is 11.9. The van der Waals surface area contributed by atoms with Crippen LogP contribution < -0.4 is 9.47 Å². The molecule has 0 atom stereocenters. The monoisotopic (exact) mass is 429 g/mol. The fourth-order valence-electron chi connectivity index (χ4n) is 2.81. The SMILES string of the molecule is COc1cc(C(=O)CBr)c([N+](=O)[O-])cc1OCCCN1CCN(C)CC1. The number of rotatable bonds is 9. The highest BCUT2D eigenvalue weighted by Gasteiger charge is 2.24. The molecule has 0 spiro atoms.